The van der Waals surface area contributed by atoms with Gasteiger partial charge in [0.2, 0.25) is 5.91 Å². The van der Waals surface area contributed by atoms with Crippen molar-refractivity contribution in [1.82, 2.24) is 14.9 Å². The zero-order valence-electron chi connectivity index (χ0n) is 22.4. The first-order chi connectivity index (χ1) is 17.9. The van der Waals surface area contributed by atoms with Crippen molar-refractivity contribution in [2.45, 2.75) is 64.6 Å². The number of nitrogens with zero attached hydrogens (tertiary/aromatic N) is 2. The third-order valence-electron chi connectivity index (χ3n) is 6.30. The molecule has 0 aliphatic carbocycles. The maximum Gasteiger partial charge on any atom is 0.411 e. The molecule has 2 bridgehead atoms. The average Bonchev–Trinajstić information content (AvgIpc) is 3.15. The maximum atomic E-state index is 13.0. The van der Waals surface area contributed by atoms with Gasteiger partial charge < -0.3 is 25.2 Å². The summed E-state index contributed by atoms with van der Waals surface area (Å²) in [5.74, 6) is 0.0165. The molecular formula is C25H36BrN5O6Si. The van der Waals surface area contributed by atoms with Gasteiger partial charge in [0.05, 0.1) is 18.8 Å². The van der Waals surface area contributed by atoms with Crippen molar-refractivity contribution in [1.29, 1.82) is 0 Å². The Bertz CT molecular complexity index is 1180. The highest BCUT2D eigenvalue weighted by atomic mass is 79.9. The van der Waals surface area contributed by atoms with E-state index in [1.807, 2.05) is 11.5 Å². The van der Waals surface area contributed by atoms with Gasteiger partial charge >= 0.3 is 12.2 Å². The molecule has 13 heteroatoms. The van der Waals surface area contributed by atoms with Crippen molar-refractivity contribution in [3.63, 3.8) is 0 Å². The number of rotatable bonds is 7. The van der Waals surface area contributed by atoms with Gasteiger partial charge in [-0.15, -0.1) is 0 Å². The largest absolute Gasteiger partial charge is 0.465 e. The van der Waals surface area contributed by atoms with E-state index in [1.165, 1.54) is 7.11 Å². The fraction of sp³-hybridized carbons (Fsp3) is 0.520. The number of halogens is 1. The predicted molar refractivity (Wildman–Crippen MR) is 151 cm³/mol. The smallest absolute Gasteiger partial charge is 0.411 e. The number of carbonyl (C=O) groups is 3. The maximum absolute atomic E-state index is 13.0. The van der Waals surface area contributed by atoms with Crippen LogP contribution >= 0.6 is 15.9 Å². The molecule has 0 unspecified atom stereocenters. The van der Waals surface area contributed by atoms with Crippen molar-refractivity contribution in [2.75, 3.05) is 24.4 Å². The quantitative estimate of drug-likeness (QED) is 0.227. The van der Waals surface area contributed by atoms with Crippen LogP contribution in [0.5, 0.6) is 0 Å². The first-order valence-corrected chi connectivity index (χ1v) is 17.0. The Kier molecular flexibility index (Phi) is 9.96. The summed E-state index contributed by atoms with van der Waals surface area (Å²) in [6.07, 6.45) is -0.161. The zero-order chi connectivity index (χ0) is 28.0. The van der Waals surface area contributed by atoms with Crippen molar-refractivity contribution >= 4 is 53.5 Å². The van der Waals surface area contributed by atoms with E-state index in [0.717, 1.165) is 6.04 Å². The molecule has 3 rings (SSSR count). The lowest BCUT2D eigenvalue weighted by atomic mass is 9.99. The highest BCUT2D eigenvalue weighted by molar-refractivity contribution is 9.10. The summed E-state index contributed by atoms with van der Waals surface area (Å²) < 4.78 is 13.1. The first-order valence-electron chi connectivity index (χ1n) is 12.5. The Hall–Kier alpha value is -2.90. The van der Waals surface area contributed by atoms with Crippen LogP contribution in [0.2, 0.25) is 25.7 Å². The van der Waals surface area contributed by atoms with Gasteiger partial charge in [-0.3, -0.25) is 14.7 Å². The van der Waals surface area contributed by atoms with Gasteiger partial charge in [-0.1, -0.05) is 33.0 Å². The average molecular weight is 611 g/mol. The fourth-order valence-corrected chi connectivity index (χ4v) is 5.42. The van der Waals surface area contributed by atoms with E-state index in [1.54, 1.807) is 18.2 Å². The summed E-state index contributed by atoms with van der Waals surface area (Å²) in [5, 5.41) is 17.8. The minimum atomic E-state index is -1.30. The lowest BCUT2D eigenvalue weighted by molar-refractivity contribution is -0.119. The van der Waals surface area contributed by atoms with Crippen LogP contribution in [0.4, 0.5) is 21.0 Å². The number of nitrogens with one attached hydrogen (secondary N) is 3. The molecule has 11 nitrogen and oxygen atoms in total. The number of imidazole rings is 1. The van der Waals surface area contributed by atoms with Gasteiger partial charge in [-0.05, 0) is 53.0 Å². The number of carbonyl (C=O) groups excluding carboxylic acids is 2. The molecule has 38 heavy (non-hydrogen) atoms. The second kappa shape index (κ2) is 12.8. The minimum absolute atomic E-state index is 0.185. The first kappa shape index (κ1) is 29.6. The molecule has 1 aliphatic rings. The number of aromatic nitrogens is 2. The van der Waals surface area contributed by atoms with Crippen LogP contribution in [0.25, 0.3) is 11.3 Å². The number of fused-ring (bicyclic) bond motifs is 4. The van der Waals surface area contributed by atoms with E-state index in [9.17, 15) is 19.5 Å². The lowest BCUT2D eigenvalue weighted by Crippen LogP contribution is -2.30. The van der Waals surface area contributed by atoms with E-state index >= 15 is 0 Å². The molecule has 2 heterocycles. The summed E-state index contributed by atoms with van der Waals surface area (Å²) in [7, 11) is -0.0316. The summed E-state index contributed by atoms with van der Waals surface area (Å²) in [4.78, 5) is 41.3. The van der Waals surface area contributed by atoms with E-state index in [4.69, 9.17) is 14.5 Å². The number of hydrogen-bond donors (Lipinski definition) is 4. The van der Waals surface area contributed by atoms with Crippen molar-refractivity contribution in [3.8, 4) is 11.3 Å². The van der Waals surface area contributed by atoms with Crippen LogP contribution in [0.3, 0.4) is 0 Å². The highest BCUT2D eigenvalue weighted by Gasteiger charge is 2.28. The molecule has 2 atom stereocenters. The molecule has 1 aromatic heterocycles. The lowest BCUT2D eigenvalue weighted by Gasteiger charge is -2.21. The monoisotopic (exact) mass is 609 g/mol. The van der Waals surface area contributed by atoms with Gasteiger partial charge in [0.15, 0.2) is 0 Å². The molecule has 1 aromatic carbocycles. The normalized spacial score (nSPS) is 17.9. The standard InChI is InChI=1S/C25H36BrN5O6Si/c1-15-7-6-8-18(29-24(33)34)22-30-20(21(26)31(22)14-37-11-12-38(3,4)5)17-10-9-16(27-25(35)36-2)13-19(17)28-23(15)32/h9-10,13,15,18,29H,6-8,11-12,14H2,1-5H3,(H,27,35)(H,28,32)(H,33,34)/t15-,18+/m1/s1. The van der Waals surface area contributed by atoms with Gasteiger partial charge in [0.1, 0.15) is 22.9 Å². The third-order valence-corrected chi connectivity index (χ3v) is 8.81. The predicted octanol–water partition coefficient (Wildman–Crippen LogP) is 5.87. The summed E-state index contributed by atoms with van der Waals surface area (Å²) in [6, 6.07) is 5.45. The second-order valence-corrected chi connectivity index (χ2v) is 17.0. The molecule has 0 saturated carbocycles. The summed E-state index contributed by atoms with van der Waals surface area (Å²) in [6.45, 7) is 9.42. The Morgan fingerprint density at radius 2 is 2.03 bits per heavy atom. The second-order valence-electron chi connectivity index (χ2n) is 10.6. The molecule has 3 amide bonds. The number of amides is 3. The SMILES string of the molecule is COC(=O)Nc1ccc2c(c1)NC(=O)[C@H](C)CCC[C@H](NC(=O)O)c1nc-2c(Br)n1COCC[Si](C)(C)C. The molecule has 4 N–H and O–H groups in total. The van der Waals surface area contributed by atoms with Crippen molar-refractivity contribution in [2.24, 2.45) is 5.92 Å². The fourth-order valence-electron chi connectivity index (χ4n) is 4.07. The van der Waals surface area contributed by atoms with Crippen molar-refractivity contribution < 1.29 is 29.0 Å². The molecule has 1 aliphatic heterocycles. The van der Waals surface area contributed by atoms with Crippen LogP contribution in [0.1, 0.15) is 38.1 Å². The Labute approximate surface area is 231 Å². The molecule has 2 aromatic rings. The molecule has 0 saturated heterocycles. The number of carboxylic acid groups (broad SMARTS) is 1. The van der Waals surface area contributed by atoms with E-state index in [0.29, 0.717) is 58.9 Å². The third kappa shape index (κ3) is 7.80. The topological polar surface area (TPSA) is 144 Å². The van der Waals surface area contributed by atoms with E-state index in [-0.39, 0.29) is 18.6 Å². The minimum Gasteiger partial charge on any atom is -0.465 e. The van der Waals surface area contributed by atoms with Gasteiger partial charge in [0, 0.05) is 31.8 Å². The van der Waals surface area contributed by atoms with Crippen LogP contribution in [0.15, 0.2) is 22.8 Å². The summed E-state index contributed by atoms with van der Waals surface area (Å²) in [5.41, 5.74) is 2.01. The van der Waals surface area contributed by atoms with Crippen LogP contribution in [0, 0.1) is 5.92 Å². The molecule has 0 spiro atoms. The van der Waals surface area contributed by atoms with Gasteiger partial charge in [-0.2, -0.15) is 0 Å². The van der Waals surface area contributed by atoms with Crippen LogP contribution < -0.4 is 16.0 Å². The number of hydrogen-bond acceptors (Lipinski definition) is 6. The molecule has 0 fully saturated rings. The van der Waals surface area contributed by atoms with E-state index < -0.39 is 26.3 Å². The zero-order valence-corrected chi connectivity index (χ0v) is 25.0. The molecule has 0 radical (unpaired) electrons. The number of anilines is 2. The highest BCUT2D eigenvalue weighted by Crippen LogP contribution is 2.38. The van der Waals surface area contributed by atoms with E-state index in [2.05, 4.69) is 51.5 Å². The Morgan fingerprint density at radius 1 is 1.29 bits per heavy atom. The Morgan fingerprint density at radius 3 is 2.68 bits per heavy atom. The van der Waals surface area contributed by atoms with Gasteiger partial charge in [-0.25, -0.2) is 14.6 Å². The number of methoxy groups -OCH3 is 1. The van der Waals surface area contributed by atoms with Gasteiger partial charge in [0.25, 0.3) is 0 Å². The van der Waals surface area contributed by atoms with Crippen LogP contribution in [-0.2, 0) is 21.0 Å². The van der Waals surface area contributed by atoms with Crippen LogP contribution in [-0.4, -0.2) is 54.5 Å². The number of ether oxygens (including phenoxy) is 2. The summed E-state index contributed by atoms with van der Waals surface area (Å²) >= 11 is 3.67. The molecule has 208 valence electrons. The van der Waals surface area contributed by atoms with Crippen molar-refractivity contribution in [3.05, 3.63) is 28.6 Å². The number of benzene rings is 1. The Balaban J connectivity index is 2.11. The molecular weight excluding hydrogens is 574 g/mol.